The summed E-state index contributed by atoms with van der Waals surface area (Å²) in [6, 6.07) is -4.11. The topological polar surface area (TPSA) is 694 Å². The van der Waals surface area contributed by atoms with E-state index in [9.17, 15) is 134 Å². The number of carbonyl (C=O) groups is 11. The smallest absolute Gasteiger partial charge is 0.364 e. The van der Waals surface area contributed by atoms with E-state index in [1.165, 1.54) is 27.7 Å². The number of hydrogen-bond donors (Lipinski definition) is 26. The van der Waals surface area contributed by atoms with Crippen LogP contribution in [0.2, 0.25) is 0 Å². The fourth-order valence-corrected chi connectivity index (χ4v) is 10.4. The zero-order valence-electron chi connectivity index (χ0n) is 58.9. The average Bonchev–Trinajstić information content (AvgIpc) is 0.758. The molecule has 3 rings (SSSR count). The number of rotatable bonds is 48. The third-order valence-electron chi connectivity index (χ3n) is 16.4. The summed E-state index contributed by atoms with van der Waals surface area (Å²) in [5.41, 5.74) is -1.59. The Balaban J connectivity index is 1.44. The summed E-state index contributed by atoms with van der Waals surface area (Å²) in [5.74, 6) is -12.1. The molecule has 0 aromatic rings. The molecule has 0 aliphatic carbocycles. The van der Waals surface area contributed by atoms with Gasteiger partial charge in [-0.25, -0.2) is 4.79 Å². The number of hydrogen-bond acceptors (Lipinski definition) is 36. The summed E-state index contributed by atoms with van der Waals surface area (Å²) >= 11 is 0. The lowest BCUT2D eigenvalue weighted by Gasteiger charge is -2.50. The van der Waals surface area contributed by atoms with Crippen LogP contribution in [0.5, 0.6) is 0 Å². The van der Waals surface area contributed by atoms with Crippen molar-refractivity contribution in [3.8, 4) is 0 Å². The molecule has 45 heteroatoms. The number of unbranched alkanes of at least 4 members (excludes halogenated alkanes) is 1. The van der Waals surface area contributed by atoms with Crippen LogP contribution >= 0.6 is 0 Å². The van der Waals surface area contributed by atoms with Crippen LogP contribution in [0.3, 0.4) is 0 Å². The van der Waals surface area contributed by atoms with E-state index >= 15 is 0 Å². The van der Waals surface area contributed by atoms with Gasteiger partial charge in [-0.1, -0.05) is 6.92 Å². The monoisotopic (exact) mass is 1520 g/mol. The Kier molecular flexibility index (Phi) is 40.1. The molecule has 0 aromatic carbocycles. The number of nitrogens with zero attached hydrogens (tertiary/aromatic N) is 2. The number of aliphatic hydroxyl groups excluding tert-OH is 13. The van der Waals surface area contributed by atoms with Gasteiger partial charge in [0.25, 0.3) is 5.79 Å². The molecule has 0 bridgehead atoms. The van der Waals surface area contributed by atoms with Gasteiger partial charge < -0.3 is 152 Å². The molecule has 3 fully saturated rings. The van der Waals surface area contributed by atoms with Crippen molar-refractivity contribution in [2.45, 2.75) is 214 Å². The first-order chi connectivity index (χ1) is 49.2. The van der Waals surface area contributed by atoms with Gasteiger partial charge in [-0.15, -0.1) is 0 Å². The summed E-state index contributed by atoms with van der Waals surface area (Å²) in [7, 11) is 0. The first kappa shape index (κ1) is 92.8. The lowest BCUT2D eigenvalue weighted by molar-refractivity contribution is -0.418. The lowest BCUT2D eigenvalue weighted by Crippen LogP contribution is -2.70. The molecule has 105 heavy (non-hydrogen) atoms. The predicted octanol–water partition coefficient (Wildman–Crippen LogP) is -15.1. The number of Topliss-reactive ketones (excluding diaryl/α,β-unsaturated/α-hetero) is 2. The summed E-state index contributed by atoms with van der Waals surface area (Å²) < 4.78 is 34.0. The van der Waals surface area contributed by atoms with Gasteiger partial charge in [0.05, 0.1) is 109 Å². The van der Waals surface area contributed by atoms with Crippen molar-refractivity contribution in [3.05, 3.63) is 0 Å². The second-order valence-corrected chi connectivity index (χ2v) is 25.5. The maximum Gasteiger partial charge on any atom is 0.364 e. The highest BCUT2D eigenvalue weighted by atomic mass is 16.8. The Labute approximate surface area is 601 Å². The van der Waals surface area contributed by atoms with Crippen molar-refractivity contribution in [1.29, 1.82) is 0 Å². The van der Waals surface area contributed by atoms with Gasteiger partial charge in [-0.3, -0.25) is 69.2 Å². The number of carboxylic acid groups (broad SMARTS) is 1. The minimum Gasteiger partial charge on any atom is -0.477 e. The quantitative estimate of drug-likeness (QED) is 0.0199. The number of ketones is 2. The Bertz CT molecular complexity index is 2800. The van der Waals surface area contributed by atoms with Gasteiger partial charge in [-0.2, -0.15) is 0 Å². The highest BCUT2D eigenvalue weighted by Crippen LogP contribution is 2.38. The zero-order chi connectivity index (χ0) is 79.2. The molecule has 13 unspecified atom stereocenters. The predicted molar refractivity (Wildman–Crippen MR) is 349 cm³/mol. The summed E-state index contributed by atoms with van der Waals surface area (Å²) in [5, 5.41) is 191. The third kappa shape index (κ3) is 31.0. The normalized spacial score (nSPS) is 26.3. The maximum absolute atomic E-state index is 13.4. The van der Waals surface area contributed by atoms with Crippen LogP contribution in [0, 0.1) is 0 Å². The number of aliphatic hydroxyl groups is 15. The van der Waals surface area contributed by atoms with E-state index in [2.05, 4.69) is 53.2 Å². The summed E-state index contributed by atoms with van der Waals surface area (Å²) in [6.07, 6.45) is -33.9. The van der Waals surface area contributed by atoms with Crippen molar-refractivity contribution in [2.24, 2.45) is 0 Å². The molecule has 604 valence electrons. The molecule has 3 heterocycles. The van der Waals surface area contributed by atoms with Crippen molar-refractivity contribution >= 4 is 64.8 Å². The van der Waals surface area contributed by atoms with Crippen molar-refractivity contribution < 1.29 is 163 Å². The molecule has 0 spiro atoms. The van der Waals surface area contributed by atoms with Gasteiger partial charge in [0.15, 0.2) is 43.0 Å². The highest BCUT2D eigenvalue weighted by molar-refractivity contribution is 5.94. The van der Waals surface area contributed by atoms with E-state index in [0.29, 0.717) is 13.0 Å². The van der Waals surface area contributed by atoms with Crippen molar-refractivity contribution in [3.63, 3.8) is 0 Å². The zero-order valence-corrected chi connectivity index (χ0v) is 58.9. The van der Waals surface area contributed by atoms with E-state index in [4.69, 9.17) is 28.4 Å². The Morgan fingerprint density at radius 1 is 0.638 bits per heavy atom. The maximum atomic E-state index is 13.4. The molecule has 0 saturated carbocycles. The van der Waals surface area contributed by atoms with Crippen molar-refractivity contribution in [2.75, 3.05) is 98.4 Å². The first-order valence-electron chi connectivity index (χ1n) is 33.6. The van der Waals surface area contributed by atoms with Crippen LogP contribution in [0.4, 0.5) is 0 Å². The summed E-state index contributed by atoms with van der Waals surface area (Å²) in [6.45, 7) is -0.171. The Hall–Kier alpha value is -6.43. The first-order valence-corrected chi connectivity index (χ1v) is 33.6. The second-order valence-electron chi connectivity index (χ2n) is 25.5. The van der Waals surface area contributed by atoms with Gasteiger partial charge in [0.1, 0.15) is 73.4 Å². The number of amides is 8. The average molecular weight is 1520 g/mol. The molecule has 3 aliphatic rings. The van der Waals surface area contributed by atoms with E-state index in [1.807, 2.05) is 6.92 Å². The minimum atomic E-state index is -3.12. The molecule has 8 amide bonds. The molecular formula is C60H106N12O33. The molecular weight excluding hydrogens is 1420 g/mol. The number of ether oxygens (including phenoxy) is 6. The van der Waals surface area contributed by atoms with Gasteiger partial charge in [-0.05, 0) is 47.0 Å². The number of aliphatic carboxylic acids is 1. The van der Waals surface area contributed by atoms with Crippen LogP contribution in [0.1, 0.15) is 80.1 Å². The van der Waals surface area contributed by atoms with Gasteiger partial charge >= 0.3 is 5.97 Å². The van der Waals surface area contributed by atoms with Crippen LogP contribution in [0.25, 0.3) is 0 Å². The van der Waals surface area contributed by atoms with Gasteiger partial charge in [0.2, 0.25) is 47.3 Å². The molecule has 19 atom stereocenters. The molecule has 0 radical (unpaired) electrons. The minimum absolute atomic E-state index is 0.107. The second kappa shape index (κ2) is 45.4. The Morgan fingerprint density at radius 3 is 1.79 bits per heavy atom. The number of carboxylic acids is 1. The molecule has 45 nitrogen and oxygen atoms in total. The fourth-order valence-electron chi connectivity index (χ4n) is 10.4. The molecule has 3 saturated heterocycles. The van der Waals surface area contributed by atoms with Gasteiger partial charge in [0, 0.05) is 39.3 Å². The highest BCUT2D eigenvalue weighted by Gasteiger charge is 2.60. The Morgan fingerprint density at radius 2 is 1.21 bits per heavy atom. The van der Waals surface area contributed by atoms with Crippen LogP contribution in [-0.4, -0.2) is 389 Å². The molecule has 0 aromatic heterocycles. The van der Waals surface area contributed by atoms with E-state index in [0.717, 1.165) is 16.7 Å². The third-order valence-corrected chi connectivity index (χ3v) is 16.4. The molecule has 26 N–H and O–H groups in total. The van der Waals surface area contributed by atoms with Crippen LogP contribution in [-0.2, 0) is 81.2 Å². The number of nitrogens with one attached hydrogen (secondary N) is 10. The SMILES string of the molecule is CCCNC(=O)CNC(=O)CNC(C)C(=O)CN(CC(O)O)C(=O)CNC(=O)CNC(C)(C)C(=O)CN(CC(O)O)C(=O)CNC(O)CNC(=O)CCCCC(=O)NCCO[C@@H]1OC(CO)[C@@H](O[C@@H]2OC(O[C@]3(C(=O)O)CC(O)[C@@H](NC(C)O)C(C(O)C(O)CO)O3)[C@H](O)C(O)C2O)C(O)C1NC(C)=O. The van der Waals surface area contributed by atoms with Crippen LogP contribution in [0.15, 0.2) is 0 Å². The number of carbonyl (C=O) groups excluding carboxylic acids is 10. The summed E-state index contributed by atoms with van der Waals surface area (Å²) in [4.78, 5) is 141. The largest absolute Gasteiger partial charge is 0.477 e. The molecule has 3 aliphatic heterocycles. The van der Waals surface area contributed by atoms with Crippen LogP contribution < -0.4 is 53.2 Å². The van der Waals surface area contributed by atoms with E-state index in [1.54, 1.807) is 0 Å². The van der Waals surface area contributed by atoms with Crippen molar-refractivity contribution in [1.82, 2.24) is 63.0 Å². The fraction of sp³-hybridized carbons (Fsp3) is 0.817. The standard InChI is InChI=1S/C60H106N12O33/c1-7-12-61-38(83)17-65-39(84)16-63-28(2)32(78)22-71(24-44(89)90)42(87)20-67-41(86)19-68-59(5,6)35(80)23-72(25-45(91)92)43(88)21-66-40(85)18-64-37(82)11-9-8-10-36(81)62-13-14-100-55-47(70-30(4)76)49(94)53(34(27-74)101-55)102-56-51(96)50(95)52(97)57(103-56)105-60(58(98)99)15-31(77)46(69-29(3)75)54(104-60)48(93)33(79)26-73/h28-29,31,33-34,40,44-57,63,66,68-69,73-75,77,79,85,89-97H,7-27H2,1-6H3,(H,61,83)(H,62,81)(H,64,82)(H,65,84)(H,67,86)(H,70,76)(H,98,99)/t28?,29?,31?,33?,34?,40?,46-,47?,48?,49?,50?,51?,52-,53-,54?,55-,56-,57?,60+/m1/s1. The lowest BCUT2D eigenvalue weighted by atomic mass is 9.88. The van der Waals surface area contributed by atoms with E-state index in [-0.39, 0.29) is 51.9 Å². The van der Waals surface area contributed by atoms with E-state index < -0.39 is 271 Å².